The molecule has 8 nitrogen and oxygen atoms in total. The first-order valence-electron chi connectivity index (χ1n) is 7.48. The fourth-order valence-electron chi connectivity index (χ4n) is 1.97. The van der Waals surface area contributed by atoms with Crippen molar-refractivity contribution in [3.05, 3.63) is 22.7 Å². The maximum Gasteiger partial charge on any atom is 0.351 e. The number of hydrogen-bond donors (Lipinski definition) is 1. The van der Waals surface area contributed by atoms with Crippen LogP contribution in [0.25, 0.3) is 0 Å². The first-order valence-corrected chi connectivity index (χ1v) is 7.48. The molecular weight excluding hydrogens is 290 g/mol. The summed E-state index contributed by atoms with van der Waals surface area (Å²) >= 11 is 0. The van der Waals surface area contributed by atoms with Gasteiger partial charge in [-0.15, -0.1) is 0 Å². The Kier molecular flexibility index (Phi) is 6.78. The van der Waals surface area contributed by atoms with E-state index < -0.39 is 18.2 Å². The monoisotopic (exact) mass is 313 g/mol. The van der Waals surface area contributed by atoms with Crippen LogP contribution in [0.1, 0.15) is 26.0 Å². The molecular formula is C14H23N3O5. The molecule has 1 aliphatic rings. The van der Waals surface area contributed by atoms with E-state index in [4.69, 9.17) is 24.7 Å². The summed E-state index contributed by atoms with van der Waals surface area (Å²) in [5.74, 6) is 0.183. The van der Waals surface area contributed by atoms with Gasteiger partial charge in [0.05, 0.1) is 26.4 Å². The van der Waals surface area contributed by atoms with E-state index in [9.17, 15) is 4.79 Å². The van der Waals surface area contributed by atoms with Crippen LogP contribution in [0.5, 0.6) is 0 Å². The average Bonchev–Trinajstić information content (AvgIpc) is 2.95. The normalized spacial score (nSPS) is 21.3. The van der Waals surface area contributed by atoms with E-state index in [1.165, 1.54) is 4.57 Å². The van der Waals surface area contributed by atoms with E-state index in [2.05, 4.69) is 11.9 Å². The number of unbranched alkanes of at least 4 members (excludes halogenated alkanes) is 1. The number of nitrogens with two attached hydrogens (primary N) is 1. The summed E-state index contributed by atoms with van der Waals surface area (Å²) in [5, 5.41) is 0. The molecule has 2 rings (SSSR count). The zero-order valence-corrected chi connectivity index (χ0v) is 12.8. The lowest BCUT2D eigenvalue weighted by atomic mass is 10.4. The molecule has 0 spiro atoms. The van der Waals surface area contributed by atoms with Crippen molar-refractivity contribution in [2.24, 2.45) is 0 Å². The van der Waals surface area contributed by atoms with Crippen LogP contribution in [0, 0.1) is 0 Å². The van der Waals surface area contributed by atoms with Crippen molar-refractivity contribution in [1.82, 2.24) is 9.55 Å². The molecule has 1 fully saturated rings. The smallest absolute Gasteiger partial charge is 0.351 e. The summed E-state index contributed by atoms with van der Waals surface area (Å²) in [6, 6.07) is 1.54. The predicted molar refractivity (Wildman–Crippen MR) is 79.3 cm³/mol. The molecule has 8 heteroatoms. The second kappa shape index (κ2) is 8.84. The van der Waals surface area contributed by atoms with Gasteiger partial charge in [0, 0.05) is 12.8 Å². The topological polar surface area (TPSA) is 97.8 Å². The van der Waals surface area contributed by atoms with Crippen molar-refractivity contribution in [3.8, 4) is 0 Å². The largest absolute Gasteiger partial charge is 0.383 e. The minimum Gasteiger partial charge on any atom is -0.383 e. The third kappa shape index (κ3) is 5.06. The second-order valence-corrected chi connectivity index (χ2v) is 4.94. The molecule has 0 aromatic carbocycles. The average molecular weight is 313 g/mol. The summed E-state index contributed by atoms with van der Waals surface area (Å²) in [4.78, 5) is 15.4. The highest BCUT2D eigenvalue weighted by Crippen LogP contribution is 2.19. The van der Waals surface area contributed by atoms with E-state index in [0.29, 0.717) is 19.8 Å². The molecule has 1 aliphatic heterocycles. The number of aromatic nitrogens is 2. The van der Waals surface area contributed by atoms with Crippen molar-refractivity contribution < 1.29 is 18.9 Å². The molecule has 0 radical (unpaired) electrons. The van der Waals surface area contributed by atoms with Crippen LogP contribution in [0.15, 0.2) is 17.1 Å². The van der Waals surface area contributed by atoms with Crippen molar-refractivity contribution in [2.45, 2.75) is 32.3 Å². The van der Waals surface area contributed by atoms with Crippen LogP contribution >= 0.6 is 0 Å². The molecule has 0 amide bonds. The maximum absolute atomic E-state index is 11.7. The lowest BCUT2D eigenvalue weighted by molar-refractivity contribution is -0.119. The van der Waals surface area contributed by atoms with E-state index in [1.54, 1.807) is 12.3 Å². The highest BCUT2D eigenvalue weighted by atomic mass is 16.7. The standard InChI is InChI=1S/C14H23N3O5/c1-2-3-6-19-7-8-20-10-13-21-9-12(22-13)17-5-4-11(15)16-14(17)18/h4-5,12-13H,2-3,6-10H2,1H3,(H2,15,16,18). The Morgan fingerprint density at radius 3 is 3.00 bits per heavy atom. The lowest BCUT2D eigenvalue weighted by Gasteiger charge is -2.13. The van der Waals surface area contributed by atoms with Crippen LogP contribution in [-0.2, 0) is 18.9 Å². The highest BCUT2D eigenvalue weighted by molar-refractivity contribution is 5.23. The van der Waals surface area contributed by atoms with E-state index in [-0.39, 0.29) is 12.4 Å². The van der Waals surface area contributed by atoms with Gasteiger partial charge < -0.3 is 24.7 Å². The van der Waals surface area contributed by atoms with Gasteiger partial charge in [-0.25, -0.2) is 4.79 Å². The molecule has 1 aromatic heterocycles. The van der Waals surface area contributed by atoms with Gasteiger partial charge in [0.15, 0.2) is 12.5 Å². The predicted octanol–water partition coefficient (Wildman–Crippen LogP) is 0.530. The van der Waals surface area contributed by atoms with Crippen molar-refractivity contribution in [1.29, 1.82) is 0 Å². The second-order valence-electron chi connectivity index (χ2n) is 4.94. The molecule has 1 saturated heterocycles. The van der Waals surface area contributed by atoms with Gasteiger partial charge in [0.25, 0.3) is 0 Å². The Morgan fingerprint density at radius 1 is 1.41 bits per heavy atom. The number of nitrogens with zero attached hydrogens (tertiary/aromatic N) is 2. The van der Waals surface area contributed by atoms with Gasteiger partial charge in [0.2, 0.25) is 0 Å². The molecule has 1 aromatic rings. The molecule has 2 N–H and O–H groups in total. The van der Waals surface area contributed by atoms with Gasteiger partial charge >= 0.3 is 5.69 Å². The van der Waals surface area contributed by atoms with Crippen LogP contribution < -0.4 is 11.4 Å². The summed E-state index contributed by atoms with van der Waals surface area (Å²) in [6.45, 7) is 4.48. The number of anilines is 1. The number of ether oxygens (including phenoxy) is 4. The van der Waals surface area contributed by atoms with Crippen LogP contribution in [0.3, 0.4) is 0 Å². The Bertz CT molecular complexity index is 507. The first-order chi connectivity index (χ1) is 10.7. The quantitative estimate of drug-likeness (QED) is 0.664. The van der Waals surface area contributed by atoms with Gasteiger partial charge in [-0.1, -0.05) is 13.3 Å². The summed E-state index contributed by atoms with van der Waals surface area (Å²) in [5.41, 5.74) is 4.99. The maximum atomic E-state index is 11.7. The van der Waals surface area contributed by atoms with Gasteiger partial charge in [0.1, 0.15) is 5.82 Å². The Morgan fingerprint density at radius 2 is 2.23 bits per heavy atom. The Balaban J connectivity index is 1.66. The molecule has 2 atom stereocenters. The molecule has 22 heavy (non-hydrogen) atoms. The lowest BCUT2D eigenvalue weighted by Crippen LogP contribution is -2.28. The van der Waals surface area contributed by atoms with Crippen LogP contribution in [0.4, 0.5) is 5.82 Å². The number of hydrogen-bond acceptors (Lipinski definition) is 7. The Labute approximate surface area is 129 Å². The summed E-state index contributed by atoms with van der Waals surface area (Å²) < 4.78 is 23.2. The summed E-state index contributed by atoms with van der Waals surface area (Å²) in [7, 11) is 0. The van der Waals surface area contributed by atoms with Crippen LogP contribution in [0.2, 0.25) is 0 Å². The van der Waals surface area contributed by atoms with Crippen molar-refractivity contribution in [3.63, 3.8) is 0 Å². The number of rotatable bonds is 9. The minimum atomic E-state index is -0.505. The fraction of sp³-hybridized carbons (Fsp3) is 0.714. The molecule has 0 saturated carbocycles. The fourth-order valence-corrected chi connectivity index (χ4v) is 1.97. The highest BCUT2D eigenvalue weighted by Gasteiger charge is 2.28. The van der Waals surface area contributed by atoms with E-state index in [1.807, 2.05) is 0 Å². The molecule has 2 unspecified atom stereocenters. The zero-order chi connectivity index (χ0) is 15.8. The van der Waals surface area contributed by atoms with Gasteiger partial charge in [-0.3, -0.25) is 4.57 Å². The SMILES string of the molecule is CCCCOCCOCC1OCC(n2ccc(N)nc2=O)O1. The van der Waals surface area contributed by atoms with Crippen molar-refractivity contribution >= 4 is 5.82 Å². The molecule has 0 aliphatic carbocycles. The van der Waals surface area contributed by atoms with Gasteiger partial charge in [-0.2, -0.15) is 4.98 Å². The third-order valence-corrected chi connectivity index (χ3v) is 3.16. The van der Waals surface area contributed by atoms with E-state index in [0.717, 1.165) is 19.4 Å². The minimum absolute atomic E-state index is 0.183. The summed E-state index contributed by atoms with van der Waals surface area (Å²) in [6.07, 6.45) is 2.72. The van der Waals surface area contributed by atoms with Gasteiger partial charge in [-0.05, 0) is 12.5 Å². The van der Waals surface area contributed by atoms with Crippen LogP contribution in [-0.4, -0.2) is 48.9 Å². The number of nitrogen functional groups attached to an aromatic ring is 1. The third-order valence-electron chi connectivity index (χ3n) is 3.16. The zero-order valence-electron chi connectivity index (χ0n) is 12.8. The van der Waals surface area contributed by atoms with Crippen molar-refractivity contribution in [2.75, 3.05) is 38.8 Å². The molecule has 124 valence electrons. The Hall–Kier alpha value is -1.48. The molecule has 2 heterocycles. The van der Waals surface area contributed by atoms with E-state index >= 15 is 0 Å². The first kappa shape index (κ1) is 16.9. The molecule has 0 bridgehead atoms.